The summed E-state index contributed by atoms with van der Waals surface area (Å²) >= 11 is 0. The van der Waals surface area contributed by atoms with E-state index in [-0.39, 0.29) is 0 Å². The third kappa shape index (κ3) is 1.09. The molecule has 4 nitrogen and oxygen atoms in total. The second-order valence-corrected chi connectivity index (χ2v) is 3.03. The van der Waals surface area contributed by atoms with Gasteiger partial charge in [0.05, 0.1) is 0 Å². The first-order valence-corrected chi connectivity index (χ1v) is 4.15. The molecule has 70 valence electrons. The number of carbonyl (C=O) groups is 1. The van der Waals surface area contributed by atoms with Crippen molar-refractivity contribution in [1.82, 2.24) is 5.32 Å². The number of rotatable bonds is 1. The van der Waals surface area contributed by atoms with Crippen LogP contribution in [0.1, 0.15) is 21.5 Å². The van der Waals surface area contributed by atoms with Gasteiger partial charge in [-0.2, -0.15) is 0 Å². The normalized spacial score (nSPS) is 13.0. The summed E-state index contributed by atoms with van der Waals surface area (Å²) in [6, 6.07) is 5.11. The molecule has 0 bridgehead atoms. The van der Waals surface area contributed by atoms with E-state index in [9.17, 15) is 9.59 Å². The molecule has 0 aromatic heterocycles. The van der Waals surface area contributed by atoms with Crippen molar-refractivity contribution >= 4 is 17.5 Å². The van der Waals surface area contributed by atoms with Crippen molar-refractivity contribution in [3.05, 3.63) is 34.9 Å². The van der Waals surface area contributed by atoms with E-state index in [0.717, 1.165) is 11.1 Å². The minimum absolute atomic E-state index is 0.392. The Kier molecular flexibility index (Phi) is 1.84. The number of fused-ring (bicyclic) bond motifs is 1. The van der Waals surface area contributed by atoms with Crippen molar-refractivity contribution in [2.45, 2.75) is 6.54 Å². The fourth-order valence-corrected chi connectivity index (χ4v) is 1.61. The first kappa shape index (κ1) is 8.53. The second-order valence-electron chi connectivity index (χ2n) is 3.03. The van der Waals surface area contributed by atoms with E-state index in [1.54, 1.807) is 24.1 Å². The van der Waals surface area contributed by atoms with Crippen LogP contribution in [-0.2, 0) is 11.3 Å². The molecule has 1 aromatic carbocycles. The molecule has 0 radical (unpaired) electrons. The Balaban J connectivity index is 2.67. The van der Waals surface area contributed by atoms with Gasteiger partial charge in [0.15, 0.2) is 5.94 Å². The SMILES string of the molecule is NC(=O)c1cccc2c1CNC2=C=O. The Morgan fingerprint density at radius 3 is 2.93 bits per heavy atom. The van der Waals surface area contributed by atoms with Crippen molar-refractivity contribution < 1.29 is 9.59 Å². The van der Waals surface area contributed by atoms with Crippen molar-refractivity contribution in [2.75, 3.05) is 0 Å². The van der Waals surface area contributed by atoms with Gasteiger partial charge in [0.25, 0.3) is 0 Å². The van der Waals surface area contributed by atoms with Crippen LogP contribution in [0.15, 0.2) is 18.2 Å². The van der Waals surface area contributed by atoms with Crippen molar-refractivity contribution in [3.8, 4) is 0 Å². The monoisotopic (exact) mass is 188 g/mol. The molecule has 1 amide bonds. The maximum Gasteiger partial charge on any atom is 0.249 e. The van der Waals surface area contributed by atoms with Gasteiger partial charge in [0.1, 0.15) is 5.70 Å². The van der Waals surface area contributed by atoms with Gasteiger partial charge in [-0.25, -0.2) is 4.79 Å². The van der Waals surface area contributed by atoms with E-state index >= 15 is 0 Å². The maximum absolute atomic E-state index is 11.0. The van der Waals surface area contributed by atoms with Crippen molar-refractivity contribution in [3.63, 3.8) is 0 Å². The second kappa shape index (κ2) is 3.01. The topological polar surface area (TPSA) is 72.2 Å². The molecular formula is C10H8N2O2. The summed E-state index contributed by atoms with van der Waals surface area (Å²) in [5.41, 5.74) is 7.54. The van der Waals surface area contributed by atoms with Gasteiger partial charge in [-0.1, -0.05) is 12.1 Å². The van der Waals surface area contributed by atoms with E-state index in [1.165, 1.54) is 0 Å². The van der Waals surface area contributed by atoms with E-state index in [0.29, 0.717) is 17.8 Å². The van der Waals surface area contributed by atoms with Crippen molar-refractivity contribution in [1.29, 1.82) is 0 Å². The van der Waals surface area contributed by atoms with Crippen LogP contribution in [-0.4, -0.2) is 11.8 Å². The molecule has 3 N–H and O–H groups in total. The molecule has 14 heavy (non-hydrogen) atoms. The number of nitrogens with two attached hydrogens (primary N) is 1. The molecule has 1 aliphatic heterocycles. The zero-order chi connectivity index (χ0) is 10.1. The predicted octanol–water partition coefficient (Wildman–Crippen LogP) is 0.0612. The lowest BCUT2D eigenvalue weighted by atomic mass is 10.0. The highest BCUT2D eigenvalue weighted by Crippen LogP contribution is 2.25. The highest BCUT2D eigenvalue weighted by Gasteiger charge is 2.20. The van der Waals surface area contributed by atoms with Crippen LogP contribution < -0.4 is 11.1 Å². The average molecular weight is 188 g/mol. The van der Waals surface area contributed by atoms with Gasteiger partial charge in [-0.3, -0.25) is 4.79 Å². The Morgan fingerprint density at radius 1 is 1.50 bits per heavy atom. The summed E-state index contributed by atoms with van der Waals surface area (Å²) in [5.74, 6) is 1.31. The van der Waals surface area contributed by atoms with Crippen LogP contribution in [0.25, 0.3) is 5.70 Å². The quantitative estimate of drug-likeness (QED) is 0.612. The number of benzene rings is 1. The molecule has 2 rings (SSSR count). The lowest BCUT2D eigenvalue weighted by Crippen LogP contribution is -2.14. The molecule has 0 saturated carbocycles. The smallest absolute Gasteiger partial charge is 0.249 e. The van der Waals surface area contributed by atoms with E-state index in [1.807, 2.05) is 0 Å². The number of primary amides is 1. The molecule has 0 atom stereocenters. The molecule has 4 heteroatoms. The summed E-state index contributed by atoms with van der Waals surface area (Å²) in [5, 5.41) is 2.85. The van der Waals surface area contributed by atoms with Gasteiger partial charge in [-0.15, -0.1) is 0 Å². The molecular weight excluding hydrogens is 180 g/mol. The minimum Gasteiger partial charge on any atom is -0.371 e. The molecule has 1 aliphatic rings. The number of carbonyl (C=O) groups excluding carboxylic acids is 2. The molecule has 0 aliphatic carbocycles. The lowest BCUT2D eigenvalue weighted by molar-refractivity contribution is 0.0999. The number of amides is 1. The fraction of sp³-hybridized carbons (Fsp3) is 0.100. The van der Waals surface area contributed by atoms with Crippen molar-refractivity contribution in [2.24, 2.45) is 5.73 Å². The molecule has 1 aromatic rings. The highest BCUT2D eigenvalue weighted by molar-refractivity contribution is 5.98. The third-order valence-corrected chi connectivity index (χ3v) is 2.25. The zero-order valence-electron chi connectivity index (χ0n) is 7.33. The molecule has 0 spiro atoms. The van der Waals surface area contributed by atoms with Gasteiger partial charge in [0.2, 0.25) is 5.91 Å². The van der Waals surface area contributed by atoms with E-state index < -0.39 is 5.91 Å². The van der Waals surface area contributed by atoms with Crippen LogP contribution in [0.2, 0.25) is 0 Å². The third-order valence-electron chi connectivity index (χ3n) is 2.25. The van der Waals surface area contributed by atoms with E-state index in [4.69, 9.17) is 5.73 Å². The molecule has 0 unspecified atom stereocenters. The standard InChI is InChI=1S/C10H8N2O2/c11-10(14)7-3-1-2-6-8(7)4-12-9(6)5-13/h1-3,12H,4H2,(H2,11,14). The van der Waals surface area contributed by atoms with Gasteiger partial charge in [-0.05, 0) is 11.6 Å². The highest BCUT2D eigenvalue weighted by atomic mass is 16.1. The molecule has 0 saturated heterocycles. The summed E-state index contributed by atoms with van der Waals surface area (Å²) in [7, 11) is 0. The lowest BCUT2D eigenvalue weighted by Gasteiger charge is -2.01. The Labute approximate surface area is 80.4 Å². The summed E-state index contributed by atoms with van der Waals surface area (Å²) < 4.78 is 0. The van der Waals surface area contributed by atoms with Gasteiger partial charge in [0, 0.05) is 17.7 Å². The van der Waals surface area contributed by atoms with Crippen LogP contribution >= 0.6 is 0 Å². The number of hydrogen-bond acceptors (Lipinski definition) is 3. The van der Waals surface area contributed by atoms with Crippen LogP contribution in [0, 0.1) is 0 Å². The fourth-order valence-electron chi connectivity index (χ4n) is 1.61. The summed E-state index contributed by atoms with van der Waals surface area (Å²) in [6.07, 6.45) is 0. The predicted molar refractivity (Wildman–Crippen MR) is 50.9 cm³/mol. The first-order valence-electron chi connectivity index (χ1n) is 4.15. The Hall–Kier alpha value is -2.06. The van der Waals surface area contributed by atoms with Crippen LogP contribution in [0.5, 0.6) is 0 Å². The van der Waals surface area contributed by atoms with Crippen LogP contribution in [0.4, 0.5) is 0 Å². The minimum atomic E-state index is -0.476. The summed E-state index contributed by atoms with van der Waals surface area (Å²) in [4.78, 5) is 21.6. The Morgan fingerprint density at radius 2 is 2.29 bits per heavy atom. The Bertz CT molecular complexity index is 459. The van der Waals surface area contributed by atoms with Gasteiger partial charge < -0.3 is 11.1 Å². The first-order chi connectivity index (χ1) is 6.74. The zero-order valence-corrected chi connectivity index (χ0v) is 7.33. The largest absolute Gasteiger partial charge is 0.371 e. The number of nitrogens with one attached hydrogen (secondary N) is 1. The molecule has 1 heterocycles. The summed E-state index contributed by atoms with van der Waals surface area (Å²) in [6.45, 7) is 0.457. The molecule has 0 fully saturated rings. The van der Waals surface area contributed by atoms with Gasteiger partial charge >= 0.3 is 0 Å². The average Bonchev–Trinajstić information content (AvgIpc) is 2.59. The number of hydrogen-bond donors (Lipinski definition) is 2. The maximum atomic E-state index is 11.0. The van der Waals surface area contributed by atoms with E-state index in [2.05, 4.69) is 5.32 Å². The van der Waals surface area contributed by atoms with Crippen LogP contribution in [0.3, 0.4) is 0 Å².